The first kappa shape index (κ1) is 12.3. The number of hydrogen-bond donors (Lipinski definition) is 1. The van der Waals surface area contributed by atoms with Crippen LogP contribution in [0.3, 0.4) is 0 Å². The molecule has 2 rings (SSSR count). The van der Waals surface area contributed by atoms with E-state index in [4.69, 9.17) is 4.74 Å². The summed E-state index contributed by atoms with van der Waals surface area (Å²) < 4.78 is 6.19. The predicted octanol–water partition coefficient (Wildman–Crippen LogP) is 2.49. The van der Waals surface area contributed by atoms with Crippen LogP contribution in [-0.4, -0.2) is 24.1 Å². The first-order valence-electron chi connectivity index (χ1n) is 5.47. The van der Waals surface area contributed by atoms with Gasteiger partial charge in [-0.2, -0.15) is 0 Å². The van der Waals surface area contributed by atoms with E-state index in [0.717, 1.165) is 19.4 Å². The highest BCUT2D eigenvalue weighted by molar-refractivity contribution is 9.10. The van der Waals surface area contributed by atoms with Crippen LogP contribution >= 0.6 is 15.9 Å². The lowest BCUT2D eigenvalue weighted by atomic mass is 10.2. The van der Waals surface area contributed by atoms with Crippen molar-refractivity contribution in [3.8, 4) is 5.75 Å². The van der Waals surface area contributed by atoms with E-state index in [2.05, 4.69) is 21.2 Å². The van der Waals surface area contributed by atoms with Gasteiger partial charge in [0.25, 0.3) is 0 Å². The molecule has 0 aromatic heterocycles. The molecule has 1 unspecified atom stereocenters. The van der Waals surface area contributed by atoms with Crippen molar-refractivity contribution in [1.29, 1.82) is 0 Å². The molecule has 1 saturated heterocycles. The van der Waals surface area contributed by atoms with Gasteiger partial charge in [0.15, 0.2) is 5.75 Å². The molecule has 1 heterocycles. The van der Waals surface area contributed by atoms with Gasteiger partial charge < -0.3 is 10.1 Å². The fraction of sp³-hybridized carbons (Fsp3) is 0.455. The molecule has 6 heteroatoms. The van der Waals surface area contributed by atoms with Crippen LogP contribution in [0.25, 0.3) is 0 Å². The predicted molar refractivity (Wildman–Crippen MR) is 67.3 cm³/mol. The van der Waals surface area contributed by atoms with Gasteiger partial charge in [-0.3, -0.25) is 10.1 Å². The highest BCUT2D eigenvalue weighted by atomic mass is 79.9. The summed E-state index contributed by atoms with van der Waals surface area (Å²) in [7, 11) is 0. The third-order valence-corrected chi connectivity index (χ3v) is 3.21. The molecule has 1 aliphatic heterocycles. The van der Waals surface area contributed by atoms with Gasteiger partial charge in [0.05, 0.1) is 4.92 Å². The Morgan fingerprint density at radius 3 is 3.06 bits per heavy atom. The SMILES string of the molecule is O=[N+]([O-])c1cc(Br)ccc1OCC1CCCN1. The van der Waals surface area contributed by atoms with Crippen molar-refractivity contribution in [1.82, 2.24) is 5.32 Å². The molecule has 17 heavy (non-hydrogen) atoms. The van der Waals surface area contributed by atoms with Crippen molar-refractivity contribution in [2.24, 2.45) is 0 Å². The molecule has 0 bridgehead atoms. The standard InChI is InChI=1S/C11H13BrN2O3/c12-8-3-4-11(10(6-8)14(15)16)17-7-9-2-1-5-13-9/h3-4,6,9,13H,1-2,5,7H2. The highest BCUT2D eigenvalue weighted by Gasteiger charge is 2.19. The summed E-state index contributed by atoms with van der Waals surface area (Å²) in [5.74, 6) is 0.326. The van der Waals surface area contributed by atoms with Gasteiger partial charge in [0.2, 0.25) is 0 Å². The lowest BCUT2D eigenvalue weighted by molar-refractivity contribution is -0.386. The molecule has 1 aliphatic rings. The van der Waals surface area contributed by atoms with Gasteiger partial charge in [-0.25, -0.2) is 0 Å². The molecule has 1 fully saturated rings. The van der Waals surface area contributed by atoms with E-state index in [1.54, 1.807) is 12.1 Å². The zero-order valence-corrected chi connectivity index (χ0v) is 10.8. The fourth-order valence-electron chi connectivity index (χ4n) is 1.84. The number of hydrogen-bond acceptors (Lipinski definition) is 4. The van der Waals surface area contributed by atoms with Crippen LogP contribution in [0.2, 0.25) is 0 Å². The summed E-state index contributed by atoms with van der Waals surface area (Å²) >= 11 is 3.21. The Labute approximate surface area is 107 Å². The Hall–Kier alpha value is -1.14. The summed E-state index contributed by atoms with van der Waals surface area (Å²) in [5.41, 5.74) is -0.00243. The highest BCUT2D eigenvalue weighted by Crippen LogP contribution is 2.30. The second-order valence-corrected chi connectivity index (χ2v) is 4.89. The summed E-state index contributed by atoms with van der Waals surface area (Å²) in [4.78, 5) is 10.4. The van der Waals surface area contributed by atoms with Gasteiger partial charge >= 0.3 is 5.69 Å². The van der Waals surface area contributed by atoms with Crippen molar-refractivity contribution < 1.29 is 9.66 Å². The Morgan fingerprint density at radius 2 is 2.41 bits per heavy atom. The number of ether oxygens (including phenoxy) is 1. The molecular formula is C11H13BrN2O3. The molecule has 1 aromatic carbocycles. The maximum absolute atomic E-state index is 10.9. The smallest absolute Gasteiger partial charge is 0.312 e. The molecule has 0 radical (unpaired) electrons. The average molecular weight is 301 g/mol. The van der Waals surface area contributed by atoms with Crippen LogP contribution in [0.1, 0.15) is 12.8 Å². The first-order chi connectivity index (χ1) is 8.16. The molecule has 1 N–H and O–H groups in total. The van der Waals surface area contributed by atoms with Gasteiger partial charge in [0.1, 0.15) is 6.61 Å². The molecule has 92 valence electrons. The first-order valence-corrected chi connectivity index (χ1v) is 6.26. The summed E-state index contributed by atoms with van der Waals surface area (Å²) in [5, 5.41) is 14.1. The summed E-state index contributed by atoms with van der Waals surface area (Å²) in [6, 6.07) is 5.12. The number of rotatable bonds is 4. The van der Waals surface area contributed by atoms with Crippen molar-refractivity contribution in [2.45, 2.75) is 18.9 Å². The van der Waals surface area contributed by atoms with E-state index in [-0.39, 0.29) is 5.69 Å². The molecule has 0 saturated carbocycles. The minimum absolute atomic E-state index is 0.00243. The second-order valence-electron chi connectivity index (χ2n) is 3.97. The van der Waals surface area contributed by atoms with E-state index in [0.29, 0.717) is 22.9 Å². The van der Waals surface area contributed by atoms with E-state index >= 15 is 0 Å². The molecule has 0 aliphatic carbocycles. The zero-order chi connectivity index (χ0) is 12.3. The number of nitrogens with one attached hydrogen (secondary N) is 1. The van der Waals surface area contributed by atoms with Gasteiger partial charge in [-0.15, -0.1) is 0 Å². The van der Waals surface area contributed by atoms with E-state index < -0.39 is 4.92 Å². The molecular weight excluding hydrogens is 288 g/mol. The largest absolute Gasteiger partial charge is 0.485 e. The van der Waals surface area contributed by atoms with Gasteiger partial charge in [-0.1, -0.05) is 15.9 Å². The van der Waals surface area contributed by atoms with Crippen molar-refractivity contribution in [2.75, 3.05) is 13.2 Å². The van der Waals surface area contributed by atoms with E-state index in [1.165, 1.54) is 6.07 Å². The Balaban J connectivity index is 2.06. The Bertz CT molecular complexity index is 419. The molecule has 1 atom stereocenters. The minimum Gasteiger partial charge on any atom is -0.485 e. The number of benzene rings is 1. The molecule has 0 amide bonds. The number of nitro groups is 1. The van der Waals surface area contributed by atoms with Crippen molar-refractivity contribution in [3.63, 3.8) is 0 Å². The number of nitro benzene ring substituents is 1. The number of halogens is 1. The molecule has 0 spiro atoms. The van der Waals surface area contributed by atoms with Crippen molar-refractivity contribution in [3.05, 3.63) is 32.8 Å². The summed E-state index contributed by atoms with van der Waals surface area (Å²) in [6.45, 7) is 1.47. The average Bonchev–Trinajstić information content (AvgIpc) is 2.80. The third-order valence-electron chi connectivity index (χ3n) is 2.72. The minimum atomic E-state index is -0.428. The van der Waals surface area contributed by atoms with Crippen LogP contribution in [0.5, 0.6) is 5.75 Å². The third kappa shape index (κ3) is 3.17. The maximum atomic E-state index is 10.9. The number of nitrogens with zero attached hydrogens (tertiary/aromatic N) is 1. The second kappa shape index (κ2) is 5.46. The van der Waals surface area contributed by atoms with Crippen LogP contribution < -0.4 is 10.1 Å². The van der Waals surface area contributed by atoms with Gasteiger partial charge in [0, 0.05) is 16.6 Å². The molecule has 1 aromatic rings. The van der Waals surface area contributed by atoms with Crippen molar-refractivity contribution >= 4 is 21.6 Å². The van der Waals surface area contributed by atoms with E-state index in [1.807, 2.05) is 0 Å². The van der Waals surface area contributed by atoms with Gasteiger partial charge in [-0.05, 0) is 31.5 Å². The lowest BCUT2D eigenvalue weighted by Gasteiger charge is -2.12. The van der Waals surface area contributed by atoms with Crippen LogP contribution in [-0.2, 0) is 0 Å². The van der Waals surface area contributed by atoms with Crippen LogP contribution in [0.4, 0.5) is 5.69 Å². The van der Waals surface area contributed by atoms with Crippen LogP contribution in [0, 0.1) is 10.1 Å². The van der Waals surface area contributed by atoms with Crippen LogP contribution in [0.15, 0.2) is 22.7 Å². The Kier molecular flexibility index (Phi) is 3.96. The fourth-order valence-corrected chi connectivity index (χ4v) is 2.19. The quantitative estimate of drug-likeness (QED) is 0.685. The zero-order valence-electron chi connectivity index (χ0n) is 9.19. The monoisotopic (exact) mass is 300 g/mol. The topological polar surface area (TPSA) is 64.4 Å². The van der Waals surface area contributed by atoms with E-state index in [9.17, 15) is 10.1 Å². The lowest BCUT2D eigenvalue weighted by Crippen LogP contribution is -2.28. The Morgan fingerprint density at radius 1 is 1.59 bits per heavy atom. The summed E-state index contributed by atoms with van der Waals surface area (Å²) in [6.07, 6.45) is 2.20. The molecule has 5 nitrogen and oxygen atoms in total. The maximum Gasteiger partial charge on any atom is 0.312 e. The normalized spacial score (nSPS) is 19.2.